The van der Waals surface area contributed by atoms with Crippen molar-refractivity contribution in [2.75, 3.05) is 19.6 Å². The molecule has 0 unspecified atom stereocenters. The van der Waals surface area contributed by atoms with Crippen LogP contribution in [0.25, 0.3) is 0 Å². The van der Waals surface area contributed by atoms with Gasteiger partial charge in [-0.15, -0.1) is 0 Å². The highest BCUT2D eigenvalue weighted by Crippen LogP contribution is 2.54. The van der Waals surface area contributed by atoms with Crippen molar-refractivity contribution in [3.63, 3.8) is 0 Å². The van der Waals surface area contributed by atoms with Gasteiger partial charge in [-0.2, -0.15) is 0 Å². The van der Waals surface area contributed by atoms with Crippen LogP contribution in [0.3, 0.4) is 0 Å². The van der Waals surface area contributed by atoms with Gasteiger partial charge in [-0.25, -0.2) is 0 Å². The van der Waals surface area contributed by atoms with E-state index in [1.807, 2.05) is 18.7 Å². The molecule has 4 rings (SSSR count). The number of carbonyl (C=O) groups is 2. The number of nitrogens with zero attached hydrogens (tertiary/aromatic N) is 2. The number of aryl methyl sites for hydroxylation is 2. The second-order valence-electron chi connectivity index (χ2n) is 8.18. The zero-order valence-corrected chi connectivity index (χ0v) is 16.4. The number of carbonyl (C=O) groups excluding carboxylic acids is 2. The van der Waals surface area contributed by atoms with E-state index in [9.17, 15) is 9.59 Å². The van der Waals surface area contributed by atoms with Crippen molar-refractivity contribution in [3.8, 4) is 0 Å². The number of aromatic nitrogens is 1. The van der Waals surface area contributed by atoms with Crippen molar-refractivity contribution in [1.82, 2.24) is 15.4 Å². The van der Waals surface area contributed by atoms with E-state index in [1.54, 1.807) is 6.92 Å². The zero-order chi connectivity index (χ0) is 19.2. The monoisotopic (exact) mass is 375 g/mol. The van der Waals surface area contributed by atoms with Gasteiger partial charge in [0.15, 0.2) is 0 Å². The minimum absolute atomic E-state index is 0.126. The summed E-state index contributed by atoms with van der Waals surface area (Å²) in [5, 5.41) is 7.05. The van der Waals surface area contributed by atoms with E-state index in [4.69, 9.17) is 9.26 Å². The van der Waals surface area contributed by atoms with Crippen molar-refractivity contribution in [2.45, 2.75) is 64.6 Å². The molecule has 2 amide bonds. The Morgan fingerprint density at radius 2 is 2.19 bits per heavy atom. The van der Waals surface area contributed by atoms with E-state index in [0.717, 1.165) is 25.8 Å². The number of fused-ring (bicyclic) bond motifs is 1. The highest BCUT2D eigenvalue weighted by molar-refractivity contribution is 5.96. The third-order valence-corrected chi connectivity index (χ3v) is 6.59. The standard InChI is InChI=1S/C20H29N3O4/c1-4-6-17(24)23-10-14-13(16-7-8-20(14,11-23)26-16)9-21-19(25)18-12(3)27-22-15(18)5-2/h13-14,16H,4-11H2,1-3H3,(H,21,25)/t13-,14+,16+,20+/m0/s1. The maximum absolute atomic E-state index is 12.7. The molecule has 3 aliphatic heterocycles. The van der Waals surface area contributed by atoms with E-state index in [2.05, 4.69) is 10.5 Å². The average molecular weight is 375 g/mol. The van der Waals surface area contributed by atoms with E-state index < -0.39 is 0 Å². The summed E-state index contributed by atoms with van der Waals surface area (Å²) in [5.41, 5.74) is 1.07. The van der Waals surface area contributed by atoms with Gasteiger partial charge in [-0.1, -0.05) is 19.0 Å². The van der Waals surface area contributed by atoms with E-state index >= 15 is 0 Å². The second kappa shape index (κ2) is 6.93. The van der Waals surface area contributed by atoms with E-state index in [1.165, 1.54) is 0 Å². The molecule has 3 fully saturated rings. The van der Waals surface area contributed by atoms with Crippen LogP contribution in [-0.2, 0) is 16.0 Å². The van der Waals surface area contributed by atoms with Crippen molar-refractivity contribution < 1.29 is 18.8 Å². The zero-order valence-electron chi connectivity index (χ0n) is 16.4. The molecule has 7 nitrogen and oxygen atoms in total. The predicted molar refractivity (Wildman–Crippen MR) is 98.3 cm³/mol. The summed E-state index contributed by atoms with van der Waals surface area (Å²) in [4.78, 5) is 27.0. The van der Waals surface area contributed by atoms with Crippen LogP contribution in [0.4, 0.5) is 0 Å². The fourth-order valence-electron chi connectivity index (χ4n) is 5.27. The summed E-state index contributed by atoms with van der Waals surface area (Å²) >= 11 is 0. The molecule has 27 heavy (non-hydrogen) atoms. The molecular formula is C20H29N3O4. The van der Waals surface area contributed by atoms with Crippen molar-refractivity contribution in [2.24, 2.45) is 11.8 Å². The Morgan fingerprint density at radius 1 is 1.37 bits per heavy atom. The lowest BCUT2D eigenvalue weighted by molar-refractivity contribution is -0.131. The first kappa shape index (κ1) is 18.5. The lowest BCUT2D eigenvalue weighted by atomic mass is 9.73. The molecule has 148 valence electrons. The molecule has 0 aliphatic carbocycles. The van der Waals surface area contributed by atoms with E-state index in [-0.39, 0.29) is 29.4 Å². The average Bonchev–Trinajstić information content (AvgIpc) is 3.38. The van der Waals surface area contributed by atoms with Crippen molar-refractivity contribution in [1.29, 1.82) is 0 Å². The Labute approximate surface area is 159 Å². The minimum Gasteiger partial charge on any atom is -0.369 e. The first-order valence-electron chi connectivity index (χ1n) is 10.2. The summed E-state index contributed by atoms with van der Waals surface area (Å²) in [6, 6.07) is 0. The van der Waals surface area contributed by atoms with Gasteiger partial charge >= 0.3 is 0 Å². The predicted octanol–water partition coefficient (Wildman–Crippen LogP) is 2.08. The largest absolute Gasteiger partial charge is 0.369 e. The summed E-state index contributed by atoms with van der Waals surface area (Å²) in [5.74, 6) is 1.23. The molecule has 3 aliphatic rings. The number of nitrogens with one attached hydrogen (secondary N) is 1. The number of ether oxygens (including phenoxy) is 1. The molecule has 2 bridgehead atoms. The molecule has 7 heteroatoms. The molecule has 1 aromatic heterocycles. The van der Waals surface area contributed by atoms with Crippen molar-refractivity contribution >= 4 is 11.8 Å². The lowest BCUT2D eigenvalue weighted by Gasteiger charge is -2.29. The normalized spacial score (nSPS) is 31.4. The number of hydrogen-bond acceptors (Lipinski definition) is 5. The van der Waals surface area contributed by atoms with Gasteiger partial charge in [0.2, 0.25) is 5.91 Å². The third-order valence-electron chi connectivity index (χ3n) is 6.59. The van der Waals surface area contributed by atoms with Gasteiger partial charge in [-0.05, 0) is 32.6 Å². The summed E-state index contributed by atoms with van der Waals surface area (Å²) in [6.07, 6.45) is 4.35. The number of rotatable bonds is 6. The SMILES string of the molecule is CCCC(=O)N1C[C@@H]2[C@H](CNC(=O)c3c(CC)noc3C)[C@H]3CC[C@]2(C1)O3. The molecular weight excluding hydrogens is 346 g/mol. The smallest absolute Gasteiger partial charge is 0.256 e. The maximum Gasteiger partial charge on any atom is 0.256 e. The molecule has 3 saturated heterocycles. The van der Waals surface area contributed by atoms with Crippen LogP contribution >= 0.6 is 0 Å². The molecule has 1 aromatic rings. The maximum atomic E-state index is 12.7. The fourth-order valence-corrected chi connectivity index (χ4v) is 5.27. The van der Waals surface area contributed by atoms with Gasteiger partial charge < -0.3 is 19.5 Å². The topological polar surface area (TPSA) is 84.7 Å². The molecule has 1 spiro atoms. The first-order valence-corrected chi connectivity index (χ1v) is 10.2. The number of likely N-dealkylation sites (tertiary alicyclic amines) is 1. The molecule has 4 heterocycles. The summed E-state index contributed by atoms with van der Waals surface area (Å²) in [6.45, 7) is 7.79. The molecule has 0 aromatic carbocycles. The first-order chi connectivity index (χ1) is 13.0. The van der Waals surface area contributed by atoms with Gasteiger partial charge in [-0.3, -0.25) is 9.59 Å². The van der Waals surface area contributed by atoms with Crippen LogP contribution < -0.4 is 5.32 Å². The van der Waals surface area contributed by atoms with Gasteiger partial charge in [0.05, 0.1) is 23.9 Å². The molecule has 1 N–H and O–H groups in total. The lowest BCUT2D eigenvalue weighted by Crippen LogP contribution is -2.42. The summed E-state index contributed by atoms with van der Waals surface area (Å²) in [7, 11) is 0. The van der Waals surface area contributed by atoms with E-state index in [0.29, 0.717) is 48.9 Å². The highest BCUT2D eigenvalue weighted by Gasteiger charge is 2.63. The molecule has 0 radical (unpaired) electrons. The van der Waals surface area contributed by atoms with Crippen molar-refractivity contribution in [3.05, 3.63) is 17.0 Å². The van der Waals surface area contributed by atoms with Crippen LogP contribution in [0.5, 0.6) is 0 Å². The fraction of sp³-hybridized carbons (Fsp3) is 0.750. The number of amides is 2. The molecule has 0 saturated carbocycles. The summed E-state index contributed by atoms with van der Waals surface area (Å²) < 4.78 is 11.6. The molecule has 4 atom stereocenters. The Kier molecular flexibility index (Phi) is 4.74. The van der Waals surface area contributed by atoms with Crippen LogP contribution in [0, 0.1) is 18.8 Å². The Balaban J connectivity index is 1.43. The Hall–Kier alpha value is -1.89. The number of hydrogen-bond donors (Lipinski definition) is 1. The van der Waals surface area contributed by atoms with Crippen LogP contribution in [0.1, 0.15) is 61.3 Å². The highest BCUT2D eigenvalue weighted by atomic mass is 16.5. The van der Waals surface area contributed by atoms with Crippen LogP contribution in [0.2, 0.25) is 0 Å². The second-order valence-corrected chi connectivity index (χ2v) is 8.18. The third kappa shape index (κ3) is 2.96. The van der Waals surface area contributed by atoms with Crippen LogP contribution in [0.15, 0.2) is 4.52 Å². The minimum atomic E-state index is -0.189. The van der Waals surface area contributed by atoms with Gasteiger partial charge in [0.1, 0.15) is 11.3 Å². The Morgan fingerprint density at radius 3 is 2.93 bits per heavy atom. The quantitative estimate of drug-likeness (QED) is 0.823. The Bertz CT molecular complexity index is 746. The van der Waals surface area contributed by atoms with Gasteiger partial charge in [0, 0.05) is 31.3 Å². The van der Waals surface area contributed by atoms with Gasteiger partial charge in [0.25, 0.3) is 5.91 Å². The van der Waals surface area contributed by atoms with Crippen LogP contribution in [-0.4, -0.2) is 53.2 Å².